The third-order valence-corrected chi connectivity index (χ3v) is 3.84. The van der Waals surface area contributed by atoms with Crippen molar-refractivity contribution in [3.05, 3.63) is 35.9 Å². The number of hydrogen-bond donors (Lipinski definition) is 2. The van der Waals surface area contributed by atoms with Crippen LogP contribution >= 0.6 is 0 Å². The molecule has 1 aromatic carbocycles. The van der Waals surface area contributed by atoms with Crippen molar-refractivity contribution in [2.24, 2.45) is 5.73 Å². The summed E-state index contributed by atoms with van der Waals surface area (Å²) < 4.78 is 5.36. The highest BCUT2D eigenvalue weighted by molar-refractivity contribution is 5.69. The minimum Gasteiger partial charge on any atom is -0.444 e. The van der Waals surface area contributed by atoms with E-state index in [2.05, 4.69) is 22.3 Å². The first-order chi connectivity index (χ1) is 10.3. The zero-order valence-corrected chi connectivity index (χ0v) is 13.8. The van der Waals surface area contributed by atoms with Crippen molar-refractivity contribution in [3.8, 4) is 0 Å². The molecule has 0 aromatic heterocycles. The summed E-state index contributed by atoms with van der Waals surface area (Å²) in [7, 11) is 0. The predicted molar refractivity (Wildman–Crippen MR) is 87.5 cm³/mol. The van der Waals surface area contributed by atoms with Crippen molar-refractivity contribution in [3.63, 3.8) is 0 Å². The molecule has 0 saturated carbocycles. The van der Waals surface area contributed by atoms with Gasteiger partial charge in [-0.3, -0.25) is 4.90 Å². The van der Waals surface area contributed by atoms with Gasteiger partial charge in [0.15, 0.2) is 0 Å². The summed E-state index contributed by atoms with van der Waals surface area (Å²) in [6.45, 7) is 8.53. The van der Waals surface area contributed by atoms with Gasteiger partial charge in [0, 0.05) is 26.2 Å². The molecule has 1 amide bonds. The van der Waals surface area contributed by atoms with E-state index in [-0.39, 0.29) is 6.09 Å². The van der Waals surface area contributed by atoms with Crippen molar-refractivity contribution >= 4 is 6.09 Å². The van der Waals surface area contributed by atoms with Crippen LogP contribution in [0.1, 0.15) is 32.8 Å². The van der Waals surface area contributed by atoms with Crippen LogP contribution in [0.25, 0.3) is 0 Å². The van der Waals surface area contributed by atoms with Crippen molar-refractivity contribution in [2.75, 3.05) is 19.6 Å². The lowest BCUT2D eigenvalue weighted by Crippen LogP contribution is -2.56. The number of hydrogen-bond acceptors (Lipinski definition) is 4. The van der Waals surface area contributed by atoms with Gasteiger partial charge in [0.2, 0.25) is 0 Å². The van der Waals surface area contributed by atoms with Gasteiger partial charge >= 0.3 is 6.09 Å². The van der Waals surface area contributed by atoms with Crippen LogP contribution in [-0.2, 0) is 11.3 Å². The van der Waals surface area contributed by atoms with Gasteiger partial charge in [0.25, 0.3) is 0 Å². The Morgan fingerprint density at radius 1 is 1.36 bits per heavy atom. The van der Waals surface area contributed by atoms with Crippen molar-refractivity contribution < 1.29 is 9.53 Å². The number of nitrogens with one attached hydrogen (secondary N) is 1. The Labute approximate surface area is 132 Å². The molecule has 0 spiro atoms. The molecule has 1 heterocycles. The summed E-state index contributed by atoms with van der Waals surface area (Å²) >= 11 is 0. The summed E-state index contributed by atoms with van der Waals surface area (Å²) in [5, 5.41) is 2.99. The Hall–Kier alpha value is -1.59. The molecule has 0 unspecified atom stereocenters. The average Bonchev–Trinajstić information content (AvgIpc) is 2.81. The lowest BCUT2D eigenvalue weighted by Gasteiger charge is -2.31. The number of rotatable bonds is 4. The summed E-state index contributed by atoms with van der Waals surface area (Å²) in [6.07, 6.45) is 0.453. The topological polar surface area (TPSA) is 67.6 Å². The van der Waals surface area contributed by atoms with Crippen LogP contribution in [0.5, 0.6) is 0 Å². The first kappa shape index (κ1) is 16.8. The van der Waals surface area contributed by atoms with Gasteiger partial charge in [-0.2, -0.15) is 0 Å². The first-order valence-corrected chi connectivity index (χ1v) is 7.79. The number of alkyl carbamates (subject to hydrolysis) is 1. The van der Waals surface area contributed by atoms with E-state index in [9.17, 15) is 4.79 Å². The van der Waals surface area contributed by atoms with Gasteiger partial charge in [-0.15, -0.1) is 0 Å². The smallest absolute Gasteiger partial charge is 0.408 e. The molecule has 5 heteroatoms. The molecular weight excluding hydrogens is 278 g/mol. The van der Waals surface area contributed by atoms with Gasteiger partial charge in [0.1, 0.15) is 5.60 Å². The van der Waals surface area contributed by atoms with Crippen LogP contribution in [0.3, 0.4) is 0 Å². The van der Waals surface area contributed by atoms with Crippen molar-refractivity contribution in [1.82, 2.24) is 10.2 Å². The number of benzene rings is 1. The monoisotopic (exact) mass is 305 g/mol. The van der Waals surface area contributed by atoms with E-state index in [0.29, 0.717) is 6.54 Å². The molecule has 0 aliphatic carbocycles. The number of carbonyl (C=O) groups excluding carboxylic acids is 1. The molecule has 122 valence electrons. The average molecular weight is 305 g/mol. The zero-order chi connectivity index (χ0) is 16.2. The molecule has 3 N–H and O–H groups in total. The zero-order valence-electron chi connectivity index (χ0n) is 13.8. The summed E-state index contributed by atoms with van der Waals surface area (Å²) in [6, 6.07) is 10.3. The fourth-order valence-electron chi connectivity index (χ4n) is 2.77. The Balaban J connectivity index is 1.93. The number of nitrogens with two attached hydrogens (primary N) is 1. The molecule has 2 rings (SSSR count). The lowest BCUT2D eigenvalue weighted by atomic mass is 9.99. The molecule has 1 aliphatic heterocycles. The molecule has 1 atom stereocenters. The second kappa shape index (κ2) is 6.67. The Kier molecular flexibility index (Phi) is 5.08. The largest absolute Gasteiger partial charge is 0.444 e. The summed E-state index contributed by atoms with van der Waals surface area (Å²) in [5.41, 5.74) is 6.32. The maximum absolute atomic E-state index is 12.0. The standard InChI is InChI=1S/C17H27N3O2/c1-16(2,3)22-15(21)19-17(12-18)9-10-20(13-17)11-14-7-5-4-6-8-14/h4-8H,9-13,18H2,1-3H3,(H,19,21)/t17-/m1/s1. The fraction of sp³-hybridized carbons (Fsp3) is 0.588. The number of likely N-dealkylation sites (tertiary alicyclic amines) is 1. The predicted octanol–water partition coefficient (Wildman–Crippen LogP) is 2.11. The van der Waals surface area contributed by atoms with Crippen molar-refractivity contribution in [2.45, 2.75) is 44.9 Å². The first-order valence-electron chi connectivity index (χ1n) is 7.79. The highest BCUT2D eigenvalue weighted by Crippen LogP contribution is 2.23. The van der Waals surface area contributed by atoms with Crippen molar-refractivity contribution in [1.29, 1.82) is 0 Å². The van der Waals surface area contributed by atoms with Crippen LogP contribution in [-0.4, -0.2) is 41.8 Å². The van der Waals surface area contributed by atoms with E-state index in [1.807, 2.05) is 39.0 Å². The van der Waals surface area contributed by atoms with Crippen LogP contribution in [0.4, 0.5) is 4.79 Å². The van der Waals surface area contributed by atoms with E-state index in [0.717, 1.165) is 26.1 Å². The van der Waals surface area contributed by atoms with Crippen LogP contribution in [0.15, 0.2) is 30.3 Å². The molecular formula is C17H27N3O2. The molecule has 22 heavy (non-hydrogen) atoms. The quantitative estimate of drug-likeness (QED) is 0.894. The van der Waals surface area contributed by atoms with Gasteiger partial charge in [0.05, 0.1) is 5.54 Å². The molecule has 1 aromatic rings. The molecule has 1 saturated heterocycles. The maximum atomic E-state index is 12.0. The second-order valence-electron chi connectivity index (χ2n) is 7.06. The van der Waals surface area contributed by atoms with E-state index in [1.165, 1.54) is 5.56 Å². The minimum atomic E-state index is -0.498. The highest BCUT2D eigenvalue weighted by Gasteiger charge is 2.39. The fourth-order valence-corrected chi connectivity index (χ4v) is 2.77. The molecule has 0 bridgehead atoms. The van der Waals surface area contributed by atoms with Crippen LogP contribution in [0, 0.1) is 0 Å². The van der Waals surface area contributed by atoms with Crippen LogP contribution < -0.4 is 11.1 Å². The molecule has 1 fully saturated rings. The second-order valence-corrected chi connectivity index (χ2v) is 7.06. The van der Waals surface area contributed by atoms with Gasteiger partial charge in [-0.25, -0.2) is 4.79 Å². The van der Waals surface area contributed by atoms with Gasteiger partial charge in [-0.1, -0.05) is 30.3 Å². The van der Waals surface area contributed by atoms with E-state index >= 15 is 0 Å². The Morgan fingerprint density at radius 2 is 2.05 bits per heavy atom. The summed E-state index contributed by atoms with van der Waals surface area (Å²) in [5.74, 6) is 0. The number of ether oxygens (including phenoxy) is 1. The van der Waals surface area contributed by atoms with Gasteiger partial charge < -0.3 is 15.8 Å². The van der Waals surface area contributed by atoms with E-state index < -0.39 is 11.1 Å². The molecule has 5 nitrogen and oxygen atoms in total. The summed E-state index contributed by atoms with van der Waals surface area (Å²) in [4.78, 5) is 14.4. The Bertz CT molecular complexity index is 498. The third kappa shape index (κ3) is 4.71. The van der Waals surface area contributed by atoms with Crippen LogP contribution in [0.2, 0.25) is 0 Å². The number of nitrogens with zero attached hydrogens (tertiary/aromatic N) is 1. The van der Waals surface area contributed by atoms with Gasteiger partial charge in [-0.05, 0) is 32.8 Å². The van der Waals surface area contributed by atoms with E-state index in [4.69, 9.17) is 10.5 Å². The molecule has 0 radical (unpaired) electrons. The number of amides is 1. The lowest BCUT2D eigenvalue weighted by molar-refractivity contribution is 0.0461. The minimum absolute atomic E-state index is 0.389. The molecule has 1 aliphatic rings. The number of carbonyl (C=O) groups is 1. The van der Waals surface area contributed by atoms with E-state index in [1.54, 1.807) is 0 Å². The normalized spacial score (nSPS) is 22.5. The highest BCUT2D eigenvalue weighted by atomic mass is 16.6. The third-order valence-electron chi connectivity index (χ3n) is 3.84. The Morgan fingerprint density at radius 3 is 2.64 bits per heavy atom. The SMILES string of the molecule is CC(C)(C)OC(=O)N[C@@]1(CN)CCN(Cc2ccccc2)C1. The maximum Gasteiger partial charge on any atom is 0.408 e.